The minimum atomic E-state index is -3.67. The van der Waals surface area contributed by atoms with E-state index < -0.39 is 10.0 Å². The van der Waals surface area contributed by atoms with Crippen molar-refractivity contribution in [2.45, 2.75) is 58.0 Å². The fourth-order valence-electron chi connectivity index (χ4n) is 4.62. The van der Waals surface area contributed by atoms with Gasteiger partial charge in [-0.2, -0.15) is 0 Å². The normalized spacial score (nSPS) is 16.4. The van der Waals surface area contributed by atoms with E-state index in [0.717, 1.165) is 16.7 Å². The zero-order valence-corrected chi connectivity index (χ0v) is 20.5. The number of hydrogen-bond acceptors (Lipinski definition) is 3. The van der Waals surface area contributed by atoms with Crippen LogP contribution in [-0.4, -0.2) is 20.4 Å². The number of nitrogens with one attached hydrogen (secondary N) is 1. The van der Waals surface area contributed by atoms with E-state index in [2.05, 4.69) is 38.2 Å². The van der Waals surface area contributed by atoms with Crippen molar-refractivity contribution >= 4 is 21.6 Å². The zero-order valence-electron chi connectivity index (χ0n) is 19.7. The first-order chi connectivity index (χ1) is 15.6. The maximum atomic E-state index is 13.3. The van der Waals surface area contributed by atoms with Gasteiger partial charge in [0.05, 0.1) is 16.6 Å². The molecule has 4 rings (SSSR count). The molecule has 1 amide bonds. The fraction of sp³-hybridized carbons (Fsp3) is 0.296. The lowest BCUT2D eigenvalue weighted by atomic mass is 9.96. The molecule has 1 aliphatic heterocycles. The van der Waals surface area contributed by atoms with Crippen LogP contribution in [0, 0.1) is 20.8 Å². The number of amides is 1. The van der Waals surface area contributed by atoms with Crippen molar-refractivity contribution in [1.29, 1.82) is 0 Å². The molecule has 6 heteroatoms. The number of sulfonamides is 1. The van der Waals surface area contributed by atoms with Crippen LogP contribution < -0.4 is 9.62 Å². The molecule has 1 heterocycles. The van der Waals surface area contributed by atoms with Crippen molar-refractivity contribution in [2.75, 3.05) is 4.31 Å². The van der Waals surface area contributed by atoms with E-state index in [1.54, 1.807) is 42.5 Å². The van der Waals surface area contributed by atoms with Crippen LogP contribution in [0.3, 0.4) is 0 Å². The third kappa shape index (κ3) is 4.27. The highest BCUT2D eigenvalue weighted by atomic mass is 32.2. The monoisotopic (exact) mass is 462 g/mol. The Balaban J connectivity index is 1.59. The number of hydrogen-bond donors (Lipinski definition) is 1. The van der Waals surface area contributed by atoms with Gasteiger partial charge in [-0.15, -0.1) is 0 Å². The molecule has 2 atom stereocenters. The van der Waals surface area contributed by atoms with Crippen molar-refractivity contribution in [3.05, 3.63) is 94.0 Å². The second-order valence-electron chi connectivity index (χ2n) is 9.00. The lowest BCUT2D eigenvalue weighted by Crippen LogP contribution is -2.35. The Morgan fingerprint density at radius 1 is 0.970 bits per heavy atom. The quantitative estimate of drug-likeness (QED) is 0.564. The van der Waals surface area contributed by atoms with Crippen LogP contribution in [-0.2, 0) is 16.4 Å². The standard InChI is InChI=1S/C27H30N2O3S/c1-17-13-19(3)25(14-18(17)2)21(5)28-27(30)22-11-12-26-23(16-22)15-20(4)29(26)33(31,32)24-9-7-6-8-10-24/h6-14,16,20-21H,15H2,1-5H3,(H,28,30)/t20-,21-/m1/s1. The summed E-state index contributed by atoms with van der Waals surface area (Å²) in [6.07, 6.45) is 0.564. The molecule has 3 aromatic rings. The third-order valence-corrected chi connectivity index (χ3v) is 8.43. The van der Waals surface area contributed by atoms with Crippen molar-refractivity contribution in [2.24, 2.45) is 0 Å². The van der Waals surface area contributed by atoms with Crippen LogP contribution >= 0.6 is 0 Å². The van der Waals surface area contributed by atoms with Crippen molar-refractivity contribution < 1.29 is 13.2 Å². The van der Waals surface area contributed by atoms with Gasteiger partial charge in [0.2, 0.25) is 0 Å². The highest BCUT2D eigenvalue weighted by molar-refractivity contribution is 7.92. The summed E-state index contributed by atoms with van der Waals surface area (Å²) in [6.45, 7) is 10.1. The summed E-state index contributed by atoms with van der Waals surface area (Å²) >= 11 is 0. The molecule has 5 nitrogen and oxygen atoms in total. The fourth-order valence-corrected chi connectivity index (χ4v) is 6.34. The lowest BCUT2D eigenvalue weighted by Gasteiger charge is -2.24. The minimum absolute atomic E-state index is 0.140. The van der Waals surface area contributed by atoms with Gasteiger partial charge in [0.25, 0.3) is 15.9 Å². The molecule has 0 aromatic heterocycles. The summed E-state index contributed by atoms with van der Waals surface area (Å²) in [6, 6.07) is 17.7. The number of anilines is 1. The molecule has 1 N–H and O–H groups in total. The van der Waals surface area contributed by atoms with Gasteiger partial charge in [0.15, 0.2) is 0 Å². The topological polar surface area (TPSA) is 66.5 Å². The third-order valence-electron chi connectivity index (χ3n) is 6.49. The van der Waals surface area contributed by atoms with E-state index in [1.165, 1.54) is 15.4 Å². The zero-order chi connectivity index (χ0) is 23.9. The van der Waals surface area contributed by atoms with Crippen LogP contribution in [0.1, 0.15) is 58.1 Å². The predicted molar refractivity (Wildman–Crippen MR) is 132 cm³/mol. The Hall–Kier alpha value is -3.12. The molecule has 1 aliphatic rings. The molecular formula is C27H30N2O3S. The Bertz CT molecular complexity index is 1320. The Morgan fingerprint density at radius 3 is 2.33 bits per heavy atom. The summed E-state index contributed by atoms with van der Waals surface area (Å²) in [7, 11) is -3.67. The van der Waals surface area contributed by atoms with E-state index in [9.17, 15) is 13.2 Å². The van der Waals surface area contributed by atoms with Crippen LogP contribution in [0.15, 0.2) is 65.6 Å². The first-order valence-electron chi connectivity index (χ1n) is 11.2. The largest absolute Gasteiger partial charge is 0.346 e. The predicted octanol–water partition coefficient (Wildman–Crippen LogP) is 5.24. The highest BCUT2D eigenvalue weighted by Crippen LogP contribution is 2.37. The number of aryl methyl sites for hydroxylation is 3. The molecule has 0 unspecified atom stereocenters. The van der Waals surface area contributed by atoms with Gasteiger partial charge in [0, 0.05) is 11.6 Å². The maximum absolute atomic E-state index is 13.3. The molecule has 3 aromatic carbocycles. The smallest absolute Gasteiger partial charge is 0.264 e. The summed E-state index contributed by atoms with van der Waals surface area (Å²) < 4.78 is 28.0. The van der Waals surface area contributed by atoms with Crippen LogP contribution in [0.5, 0.6) is 0 Å². The van der Waals surface area contributed by atoms with Gasteiger partial charge in [-0.3, -0.25) is 9.10 Å². The SMILES string of the molecule is Cc1cc(C)c([C@@H](C)NC(=O)c2ccc3c(c2)C[C@@H](C)N3S(=O)(=O)c2ccccc2)cc1C. The number of rotatable bonds is 5. The summed E-state index contributed by atoms with van der Waals surface area (Å²) in [4.78, 5) is 13.3. The van der Waals surface area contributed by atoms with Crippen molar-refractivity contribution in [3.8, 4) is 0 Å². The van der Waals surface area contributed by atoms with E-state index in [1.807, 2.05) is 19.9 Å². The maximum Gasteiger partial charge on any atom is 0.264 e. The lowest BCUT2D eigenvalue weighted by molar-refractivity contribution is 0.0939. The molecule has 0 fully saturated rings. The van der Waals surface area contributed by atoms with Crippen LogP contribution in [0.2, 0.25) is 0 Å². The van der Waals surface area contributed by atoms with E-state index >= 15 is 0 Å². The van der Waals surface area contributed by atoms with E-state index in [4.69, 9.17) is 0 Å². The highest BCUT2D eigenvalue weighted by Gasteiger charge is 2.36. The molecule has 0 bridgehead atoms. The molecule has 33 heavy (non-hydrogen) atoms. The Morgan fingerprint density at radius 2 is 1.64 bits per heavy atom. The van der Waals surface area contributed by atoms with E-state index in [-0.39, 0.29) is 22.9 Å². The molecule has 0 spiro atoms. The summed E-state index contributed by atoms with van der Waals surface area (Å²) in [5.41, 5.74) is 6.72. The Labute approximate surface area is 196 Å². The molecule has 172 valence electrons. The molecule has 0 radical (unpaired) electrons. The second kappa shape index (κ2) is 8.67. The minimum Gasteiger partial charge on any atom is -0.346 e. The van der Waals surface area contributed by atoms with Gasteiger partial charge < -0.3 is 5.32 Å². The van der Waals surface area contributed by atoms with Crippen molar-refractivity contribution in [3.63, 3.8) is 0 Å². The van der Waals surface area contributed by atoms with Gasteiger partial charge in [0.1, 0.15) is 0 Å². The molecule has 0 aliphatic carbocycles. The number of carbonyl (C=O) groups is 1. The van der Waals surface area contributed by atoms with Crippen LogP contribution in [0.4, 0.5) is 5.69 Å². The van der Waals surface area contributed by atoms with Gasteiger partial charge in [-0.25, -0.2) is 8.42 Å². The molecular weight excluding hydrogens is 432 g/mol. The summed E-state index contributed by atoms with van der Waals surface area (Å²) in [5, 5.41) is 3.10. The first kappa shape index (κ1) is 23.1. The average Bonchev–Trinajstić information content (AvgIpc) is 3.12. The number of nitrogens with zero attached hydrogens (tertiary/aromatic N) is 1. The average molecular weight is 463 g/mol. The molecule has 0 saturated heterocycles. The first-order valence-corrected chi connectivity index (χ1v) is 12.6. The second-order valence-corrected chi connectivity index (χ2v) is 10.8. The number of carbonyl (C=O) groups excluding carboxylic acids is 1. The van der Waals surface area contributed by atoms with Gasteiger partial charge in [-0.05, 0) is 99.2 Å². The van der Waals surface area contributed by atoms with E-state index in [0.29, 0.717) is 17.7 Å². The Kier molecular flexibility index (Phi) is 6.06. The molecule has 0 saturated carbocycles. The number of fused-ring (bicyclic) bond motifs is 1. The van der Waals surface area contributed by atoms with Gasteiger partial charge in [-0.1, -0.05) is 30.3 Å². The van der Waals surface area contributed by atoms with Crippen LogP contribution in [0.25, 0.3) is 0 Å². The van der Waals surface area contributed by atoms with Gasteiger partial charge >= 0.3 is 0 Å². The summed E-state index contributed by atoms with van der Waals surface area (Å²) in [5.74, 6) is -0.167. The number of benzene rings is 3. The van der Waals surface area contributed by atoms with Crippen molar-refractivity contribution in [1.82, 2.24) is 5.32 Å².